The predicted molar refractivity (Wildman–Crippen MR) is 120 cm³/mol. The Bertz CT molecular complexity index is 1090. The summed E-state index contributed by atoms with van der Waals surface area (Å²) in [5.74, 6) is -0.600. The Balaban J connectivity index is 1.63. The molecule has 3 aromatic rings. The molecule has 0 fully saturated rings. The Kier molecular flexibility index (Phi) is 7.59. The molecule has 1 aromatic heterocycles. The molecule has 0 bridgehead atoms. The van der Waals surface area contributed by atoms with Crippen LogP contribution in [0, 0.1) is 0 Å². The molecule has 0 aliphatic carbocycles. The van der Waals surface area contributed by atoms with Crippen LogP contribution in [-0.4, -0.2) is 36.1 Å². The molecule has 2 amide bonds. The van der Waals surface area contributed by atoms with Gasteiger partial charge in [0, 0.05) is 47.8 Å². The minimum absolute atomic E-state index is 0.0414. The van der Waals surface area contributed by atoms with Crippen LogP contribution in [0.2, 0.25) is 5.02 Å². The van der Waals surface area contributed by atoms with Crippen molar-refractivity contribution in [2.75, 3.05) is 19.0 Å². The highest BCUT2D eigenvalue weighted by molar-refractivity contribution is 6.30. The zero-order valence-corrected chi connectivity index (χ0v) is 17.6. The van der Waals surface area contributed by atoms with Crippen molar-refractivity contribution in [2.45, 2.75) is 12.5 Å². The minimum atomic E-state index is -0.513. The number of carbonyl (C=O) groups is 2. The Hall–Kier alpha value is -3.42. The van der Waals surface area contributed by atoms with Crippen molar-refractivity contribution in [1.82, 2.24) is 9.88 Å². The number of anilines is 1. The molecule has 1 heterocycles. The highest BCUT2D eigenvalue weighted by Crippen LogP contribution is 2.14. The van der Waals surface area contributed by atoms with Gasteiger partial charge in [0.2, 0.25) is 5.91 Å². The van der Waals surface area contributed by atoms with Crippen molar-refractivity contribution in [3.63, 3.8) is 0 Å². The highest BCUT2D eigenvalue weighted by Gasteiger charge is 2.18. The fourth-order valence-corrected chi connectivity index (χ4v) is 3.13. The van der Waals surface area contributed by atoms with Crippen LogP contribution in [0.4, 0.5) is 5.69 Å². The molecular weight excluding hydrogens is 418 g/mol. The second-order valence-electron chi connectivity index (χ2n) is 6.84. The molecule has 1 unspecified atom stereocenters. The van der Waals surface area contributed by atoms with E-state index < -0.39 is 6.04 Å². The fourth-order valence-electron chi connectivity index (χ4n) is 3.00. The van der Waals surface area contributed by atoms with Crippen molar-refractivity contribution in [3.05, 3.63) is 93.9 Å². The van der Waals surface area contributed by atoms with E-state index in [-0.39, 0.29) is 30.4 Å². The summed E-state index contributed by atoms with van der Waals surface area (Å²) in [5.41, 5.74) is 1.51. The average molecular weight is 440 g/mol. The average Bonchev–Trinajstić information content (AvgIpc) is 2.76. The Morgan fingerprint density at radius 1 is 1.03 bits per heavy atom. The summed E-state index contributed by atoms with van der Waals surface area (Å²) in [6.45, 7) is 0.178. The lowest BCUT2D eigenvalue weighted by atomic mass is 10.1. The standard InChI is InChI=1S/C23H22ClN3O4/c1-31-15-19(14-21(28)25-18-9-7-17(24)8-10-18)26-23(30)16-5-11-20(12-6-16)27-13-3-2-4-22(27)29/h2-13,19H,14-15H2,1H3,(H,25,28)(H,26,30). The summed E-state index contributed by atoms with van der Waals surface area (Å²) in [6.07, 6.45) is 1.70. The third-order valence-electron chi connectivity index (χ3n) is 4.49. The normalized spacial score (nSPS) is 11.5. The van der Waals surface area contributed by atoms with Crippen LogP contribution in [0.15, 0.2) is 77.7 Å². The van der Waals surface area contributed by atoms with Crippen LogP contribution < -0.4 is 16.2 Å². The molecule has 2 aromatic carbocycles. The van der Waals surface area contributed by atoms with Gasteiger partial charge in [-0.25, -0.2) is 0 Å². The van der Waals surface area contributed by atoms with E-state index in [1.165, 1.54) is 17.7 Å². The van der Waals surface area contributed by atoms with Gasteiger partial charge in [0.05, 0.1) is 12.6 Å². The zero-order chi connectivity index (χ0) is 22.2. The van der Waals surface area contributed by atoms with E-state index in [0.717, 1.165) is 0 Å². The predicted octanol–water partition coefficient (Wildman–Crippen LogP) is 3.26. The maximum Gasteiger partial charge on any atom is 0.255 e. The topological polar surface area (TPSA) is 89.4 Å². The molecular formula is C23H22ClN3O4. The maximum absolute atomic E-state index is 12.6. The quantitative estimate of drug-likeness (QED) is 0.563. The number of rotatable bonds is 8. The fraction of sp³-hybridized carbons (Fsp3) is 0.174. The second-order valence-corrected chi connectivity index (χ2v) is 7.28. The van der Waals surface area contributed by atoms with Gasteiger partial charge in [-0.15, -0.1) is 0 Å². The van der Waals surface area contributed by atoms with Gasteiger partial charge >= 0.3 is 0 Å². The molecule has 8 heteroatoms. The van der Waals surface area contributed by atoms with E-state index >= 15 is 0 Å². The number of carbonyl (C=O) groups excluding carboxylic acids is 2. The highest BCUT2D eigenvalue weighted by atomic mass is 35.5. The Morgan fingerprint density at radius 2 is 1.74 bits per heavy atom. The van der Waals surface area contributed by atoms with E-state index in [1.54, 1.807) is 66.9 Å². The molecule has 160 valence electrons. The minimum Gasteiger partial charge on any atom is -0.383 e. The number of nitrogens with one attached hydrogen (secondary N) is 2. The van der Waals surface area contributed by atoms with Crippen LogP contribution in [0.3, 0.4) is 0 Å². The summed E-state index contributed by atoms with van der Waals surface area (Å²) in [4.78, 5) is 36.9. The number of amides is 2. The molecule has 0 saturated carbocycles. The summed E-state index contributed by atoms with van der Waals surface area (Å²) >= 11 is 5.85. The van der Waals surface area contributed by atoms with E-state index in [2.05, 4.69) is 10.6 Å². The summed E-state index contributed by atoms with van der Waals surface area (Å²) in [7, 11) is 1.50. The van der Waals surface area contributed by atoms with Crippen LogP contribution in [0.5, 0.6) is 0 Å². The van der Waals surface area contributed by atoms with Crippen LogP contribution in [0.1, 0.15) is 16.8 Å². The molecule has 7 nitrogen and oxygen atoms in total. The monoisotopic (exact) mass is 439 g/mol. The molecule has 2 N–H and O–H groups in total. The molecule has 1 atom stereocenters. The maximum atomic E-state index is 12.6. The lowest BCUT2D eigenvalue weighted by Crippen LogP contribution is -2.40. The van der Waals surface area contributed by atoms with E-state index in [0.29, 0.717) is 22.0 Å². The zero-order valence-electron chi connectivity index (χ0n) is 16.9. The third kappa shape index (κ3) is 6.28. The van der Waals surface area contributed by atoms with Gasteiger partial charge in [-0.1, -0.05) is 17.7 Å². The number of ether oxygens (including phenoxy) is 1. The van der Waals surface area contributed by atoms with E-state index in [1.807, 2.05) is 0 Å². The van der Waals surface area contributed by atoms with Gasteiger partial charge < -0.3 is 15.4 Å². The lowest BCUT2D eigenvalue weighted by Gasteiger charge is -2.18. The number of nitrogens with zero attached hydrogens (tertiary/aromatic N) is 1. The molecule has 3 rings (SSSR count). The Labute approximate surface area is 184 Å². The lowest BCUT2D eigenvalue weighted by molar-refractivity contribution is -0.116. The first-order chi connectivity index (χ1) is 15.0. The number of pyridine rings is 1. The van der Waals surface area contributed by atoms with E-state index in [4.69, 9.17) is 16.3 Å². The third-order valence-corrected chi connectivity index (χ3v) is 4.74. The van der Waals surface area contributed by atoms with Gasteiger partial charge in [0.25, 0.3) is 11.5 Å². The van der Waals surface area contributed by atoms with Crippen molar-refractivity contribution in [3.8, 4) is 5.69 Å². The first-order valence-corrected chi connectivity index (χ1v) is 9.97. The van der Waals surface area contributed by atoms with Crippen molar-refractivity contribution >= 4 is 29.1 Å². The summed E-state index contributed by atoms with van der Waals surface area (Å²) in [5, 5.41) is 6.16. The van der Waals surface area contributed by atoms with Crippen molar-refractivity contribution < 1.29 is 14.3 Å². The van der Waals surface area contributed by atoms with Crippen LogP contribution >= 0.6 is 11.6 Å². The number of hydrogen-bond acceptors (Lipinski definition) is 4. The number of benzene rings is 2. The van der Waals surface area contributed by atoms with Crippen LogP contribution in [0.25, 0.3) is 5.69 Å². The number of aromatic nitrogens is 1. The SMILES string of the molecule is COCC(CC(=O)Nc1ccc(Cl)cc1)NC(=O)c1ccc(-n2ccccc2=O)cc1. The van der Waals surface area contributed by atoms with Gasteiger partial charge in [-0.05, 0) is 54.6 Å². The number of hydrogen-bond donors (Lipinski definition) is 2. The van der Waals surface area contributed by atoms with Gasteiger partial charge in [-0.2, -0.15) is 0 Å². The van der Waals surface area contributed by atoms with Gasteiger partial charge in [-0.3, -0.25) is 19.0 Å². The first kappa shape index (κ1) is 22.3. The first-order valence-electron chi connectivity index (χ1n) is 9.59. The molecule has 0 aliphatic heterocycles. The van der Waals surface area contributed by atoms with Gasteiger partial charge in [0.15, 0.2) is 0 Å². The summed E-state index contributed by atoms with van der Waals surface area (Å²) < 4.78 is 6.63. The second kappa shape index (κ2) is 10.6. The number of halogens is 1. The smallest absolute Gasteiger partial charge is 0.255 e. The molecule has 0 saturated heterocycles. The number of methoxy groups -OCH3 is 1. The largest absolute Gasteiger partial charge is 0.383 e. The van der Waals surface area contributed by atoms with Crippen molar-refractivity contribution in [1.29, 1.82) is 0 Å². The molecule has 31 heavy (non-hydrogen) atoms. The summed E-state index contributed by atoms with van der Waals surface area (Å²) in [6, 6.07) is 17.8. The molecule has 0 radical (unpaired) electrons. The molecule has 0 spiro atoms. The van der Waals surface area contributed by atoms with Crippen LogP contribution in [-0.2, 0) is 9.53 Å². The van der Waals surface area contributed by atoms with Gasteiger partial charge in [0.1, 0.15) is 0 Å². The van der Waals surface area contributed by atoms with E-state index in [9.17, 15) is 14.4 Å². The van der Waals surface area contributed by atoms with Crippen molar-refractivity contribution in [2.24, 2.45) is 0 Å². The Morgan fingerprint density at radius 3 is 2.39 bits per heavy atom. The molecule has 0 aliphatic rings.